The zero-order chi connectivity index (χ0) is 15.6. The second-order valence-electron chi connectivity index (χ2n) is 6.36. The predicted molar refractivity (Wildman–Crippen MR) is 79.2 cm³/mol. The lowest BCUT2D eigenvalue weighted by Gasteiger charge is -2.26. The number of amides is 2. The molecule has 0 unspecified atom stereocenters. The third-order valence-electron chi connectivity index (χ3n) is 5.01. The molecule has 1 aromatic rings. The van der Waals surface area contributed by atoms with Crippen molar-refractivity contribution in [3.05, 3.63) is 41.5 Å². The largest absolute Gasteiger partial charge is 0.393 e. The summed E-state index contributed by atoms with van der Waals surface area (Å²) in [5.74, 6) is -1.65. The molecule has 2 amide bonds. The number of benzene rings is 1. The predicted octanol–water partition coefficient (Wildman–Crippen LogP) is 1.11. The number of hydrogen-bond acceptors (Lipinski definition) is 4. The number of anilines is 1. The van der Waals surface area contributed by atoms with E-state index >= 15 is 0 Å². The summed E-state index contributed by atoms with van der Waals surface area (Å²) < 4.78 is 5.73. The molecule has 2 bridgehead atoms. The van der Waals surface area contributed by atoms with Crippen LogP contribution < -0.4 is 4.90 Å². The van der Waals surface area contributed by atoms with Gasteiger partial charge in [-0.25, -0.2) is 4.90 Å². The van der Waals surface area contributed by atoms with Gasteiger partial charge in [-0.05, 0) is 31.0 Å². The van der Waals surface area contributed by atoms with Crippen LogP contribution in [-0.4, -0.2) is 35.2 Å². The van der Waals surface area contributed by atoms with Crippen LogP contribution in [0.1, 0.15) is 11.1 Å². The van der Waals surface area contributed by atoms with Crippen molar-refractivity contribution in [1.82, 2.24) is 0 Å². The number of aliphatic hydroxyl groups is 1. The van der Waals surface area contributed by atoms with Gasteiger partial charge >= 0.3 is 0 Å². The number of fused-ring (bicyclic) bond motifs is 5. The molecule has 5 heteroatoms. The summed E-state index contributed by atoms with van der Waals surface area (Å²) in [6.45, 7) is 3.52. The third-order valence-corrected chi connectivity index (χ3v) is 5.01. The molecule has 0 aliphatic carbocycles. The van der Waals surface area contributed by atoms with Crippen molar-refractivity contribution in [3.63, 3.8) is 0 Å². The standard InChI is InChI=1S/C17H17NO4/c1-9-3-4-10(2)11(7-9)18-15(20)13-12-5-6-17(8-19,22-12)14(13)16(18)21/h3-7,12-14,19H,8H2,1-2H3/t12-,13-,14+,17+/m0/s1. The maximum absolute atomic E-state index is 12.9. The monoisotopic (exact) mass is 299 g/mol. The minimum atomic E-state index is -1.03. The molecule has 3 aliphatic rings. The quantitative estimate of drug-likeness (QED) is 0.656. The average Bonchev–Trinajstić information content (AvgIpc) is 3.14. The minimum absolute atomic E-state index is 0.228. The fraction of sp³-hybridized carbons (Fsp3) is 0.412. The molecule has 1 aromatic carbocycles. The topological polar surface area (TPSA) is 66.8 Å². The van der Waals surface area contributed by atoms with Gasteiger partial charge < -0.3 is 9.84 Å². The Balaban J connectivity index is 1.81. The normalized spacial score (nSPS) is 35.6. The van der Waals surface area contributed by atoms with Crippen LogP contribution in [0.25, 0.3) is 0 Å². The van der Waals surface area contributed by atoms with Crippen LogP contribution in [0.15, 0.2) is 30.4 Å². The SMILES string of the molecule is Cc1ccc(C)c(N2C(=O)[C@H]3[C@@H]4C=C[C@](CO)(O4)[C@H]3C2=O)c1. The van der Waals surface area contributed by atoms with E-state index in [0.717, 1.165) is 11.1 Å². The highest BCUT2D eigenvalue weighted by molar-refractivity contribution is 6.23. The Morgan fingerprint density at radius 1 is 1.27 bits per heavy atom. The Hall–Kier alpha value is -1.98. The summed E-state index contributed by atoms with van der Waals surface area (Å²) >= 11 is 0. The van der Waals surface area contributed by atoms with Gasteiger partial charge in [-0.1, -0.05) is 24.3 Å². The number of ether oxygens (including phenoxy) is 1. The van der Waals surface area contributed by atoms with E-state index < -0.39 is 23.5 Å². The molecule has 5 nitrogen and oxygen atoms in total. The van der Waals surface area contributed by atoms with Gasteiger partial charge in [0.25, 0.3) is 0 Å². The van der Waals surface area contributed by atoms with Crippen molar-refractivity contribution >= 4 is 17.5 Å². The van der Waals surface area contributed by atoms with Crippen LogP contribution in [0.4, 0.5) is 5.69 Å². The van der Waals surface area contributed by atoms with Crippen LogP contribution in [0.5, 0.6) is 0 Å². The second kappa shape index (κ2) is 4.27. The highest BCUT2D eigenvalue weighted by Crippen LogP contribution is 2.52. The molecule has 4 atom stereocenters. The van der Waals surface area contributed by atoms with Gasteiger partial charge in [0.1, 0.15) is 5.60 Å². The van der Waals surface area contributed by atoms with Gasteiger partial charge in [-0.15, -0.1) is 0 Å². The molecule has 22 heavy (non-hydrogen) atoms. The average molecular weight is 299 g/mol. The first kappa shape index (κ1) is 13.7. The number of nitrogens with zero attached hydrogens (tertiary/aromatic N) is 1. The fourth-order valence-corrected chi connectivity index (χ4v) is 3.88. The van der Waals surface area contributed by atoms with E-state index in [-0.39, 0.29) is 18.4 Å². The number of aryl methyl sites for hydroxylation is 2. The number of imide groups is 1. The Kier molecular flexibility index (Phi) is 2.65. The van der Waals surface area contributed by atoms with Gasteiger partial charge in [-0.2, -0.15) is 0 Å². The van der Waals surface area contributed by atoms with Gasteiger partial charge in [-0.3, -0.25) is 9.59 Å². The summed E-state index contributed by atoms with van der Waals surface area (Å²) in [7, 11) is 0. The molecule has 3 heterocycles. The lowest BCUT2D eigenvalue weighted by atomic mass is 9.77. The molecule has 3 aliphatic heterocycles. The number of carbonyl (C=O) groups is 2. The molecule has 114 valence electrons. The first-order valence-corrected chi connectivity index (χ1v) is 7.41. The van der Waals surface area contributed by atoms with E-state index in [1.165, 1.54) is 4.90 Å². The van der Waals surface area contributed by atoms with Crippen LogP contribution >= 0.6 is 0 Å². The Bertz CT molecular complexity index is 725. The molecule has 0 radical (unpaired) electrons. The van der Waals surface area contributed by atoms with Crippen molar-refractivity contribution in [2.24, 2.45) is 11.8 Å². The molecule has 0 spiro atoms. The van der Waals surface area contributed by atoms with Crippen molar-refractivity contribution in [1.29, 1.82) is 0 Å². The highest BCUT2D eigenvalue weighted by atomic mass is 16.5. The van der Waals surface area contributed by atoms with E-state index in [9.17, 15) is 14.7 Å². The van der Waals surface area contributed by atoms with E-state index in [1.807, 2.05) is 32.0 Å². The zero-order valence-electron chi connectivity index (χ0n) is 12.4. The van der Waals surface area contributed by atoms with Gasteiger partial charge in [0.15, 0.2) is 0 Å². The second-order valence-corrected chi connectivity index (χ2v) is 6.36. The van der Waals surface area contributed by atoms with E-state index in [0.29, 0.717) is 5.69 Å². The maximum Gasteiger partial charge on any atom is 0.241 e. The number of rotatable bonds is 2. The van der Waals surface area contributed by atoms with Crippen molar-refractivity contribution < 1.29 is 19.4 Å². The molecule has 4 rings (SSSR count). The molecule has 2 saturated heterocycles. The molecule has 0 saturated carbocycles. The van der Waals surface area contributed by atoms with Gasteiger partial charge in [0, 0.05) is 0 Å². The number of aliphatic hydroxyl groups excluding tert-OH is 1. The summed E-state index contributed by atoms with van der Waals surface area (Å²) in [6, 6.07) is 5.72. The summed E-state index contributed by atoms with van der Waals surface area (Å²) in [5, 5.41) is 9.69. The lowest BCUT2D eigenvalue weighted by Crippen LogP contribution is -2.43. The first-order valence-electron chi connectivity index (χ1n) is 7.41. The number of carbonyl (C=O) groups excluding carboxylic acids is 2. The van der Waals surface area contributed by atoms with Crippen molar-refractivity contribution in [2.45, 2.75) is 25.6 Å². The summed E-state index contributed by atoms with van der Waals surface area (Å²) in [4.78, 5) is 27.0. The van der Waals surface area contributed by atoms with Gasteiger partial charge in [0.05, 0.1) is 30.2 Å². The first-order chi connectivity index (χ1) is 10.5. The minimum Gasteiger partial charge on any atom is -0.393 e. The lowest BCUT2D eigenvalue weighted by molar-refractivity contribution is -0.128. The smallest absolute Gasteiger partial charge is 0.241 e. The molecular formula is C17H17NO4. The van der Waals surface area contributed by atoms with E-state index in [2.05, 4.69) is 0 Å². The van der Waals surface area contributed by atoms with Crippen LogP contribution in [0.2, 0.25) is 0 Å². The summed E-state index contributed by atoms with van der Waals surface area (Å²) in [5.41, 5.74) is 1.48. The Labute approximate surface area is 128 Å². The van der Waals surface area contributed by atoms with Crippen molar-refractivity contribution in [3.8, 4) is 0 Å². The highest BCUT2D eigenvalue weighted by Gasteiger charge is 2.67. The van der Waals surface area contributed by atoms with Crippen LogP contribution in [0.3, 0.4) is 0 Å². The number of hydrogen-bond donors (Lipinski definition) is 1. The summed E-state index contributed by atoms with van der Waals surface area (Å²) in [6.07, 6.45) is 3.11. The van der Waals surface area contributed by atoms with Crippen molar-refractivity contribution in [2.75, 3.05) is 11.5 Å². The Morgan fingerprint density at radius 2 is 2.05 bits per heavy atom. The zero-order valence-corrected chi connectivity index (χ0v) is 12.4. The third kappa shape index (κ3) is 1.50. The Morgan fingerprint density at radius 3 is 2.77 bits per heavy atom. The fourth-order valence-electron chi connectivity index (χ4n) is 3.88. The molecular weight excluding hydrogens is 282 g/mol. The molecule has 0 aromatic heterocycles. The van der Waals surface area contributed by atoms with E-state index in [4.69, 9.17) is 4.74 Å². The maximum atomic E-state index is 12.9. The van der Waals surface area contributed by atoms with Gasteiger partial charge in [0.2, 0.25) is 11.8 Å². The molecule has 2 fully saturated rings. The van der Waals surface area contributed by atoms with Crippen LogP contribution in [0, 0.1) is 25.7 Å². The molecule has 1 N–H and O–H groups in total. The van der Waals surface area contributed by atoms with E-state index in [1.54, 1.807) is 12.2 Å². The van der Waals surface area contributed by atoms with Crippen LogP contribution in [-0.2, 0) is 14.3 Å².